The molecule has 0 saturated carbocycles. The van der Waals surface area contributed by atoms with E-state index in [9.17, 15) is 0 Å². The van der Waals surface area contributed by atoms with E-state index < -0.39 is 5.41 Å². The zero-order valence-electron chi connectivity index (χ0n) is 36.9. The smallest absolute Gasteiger partial charge is 0.164 e. The van der Waals surface area contributed by atoms with Crippen LogP contribution in [0.2, 0.25) is 0 Å². The number of nitrogens with zero attached hydrogens (tertiary/aromatic N) is 4. The molecule has 316 valence electrons. The van der Waals surface area contributed by atoms with Gasteiger partial charge in [0.15, 0.2) is 17.5 Å². The zero-order valence-corrected chi connectivity index (χ0v) is 36.9. The first-order valence-corrected chi connectivity index (χ1v) is 23.3. The van der Waals surface area contributed by atoms with Gasteiger partial charge in [0.1, 0.15) is 0 Å². The molecule has 4 heteroatoms. The number of benzene rings is 10. The van der Waals surface area contributed by atoms with Crippen LogP contribution in [0.25, 0.3) is 106 Å². The van der Waals surface area contributed by atoms with E-state index in [1.165, 1.54) is 66.3 Å². The lowest BCUT2D eigenvalue weighted by molar-refractivity contribution is 0.794. The summed E-state index contributed by atoms with van der Waals surface area (Å²) in [6.45, 7) is 0. The van der Waals surface area contributed by atoms with Gasteiger partial charge in [-0.15, -0.1) is 0 Å². The van der Waals surface area contributed by atoms with Crippen LogP contribution < -0.4 is 0 Å². The molecule has 0 N–H and O–H groups in total. The van der Waals surface area contributed by atoms with Crippen LogP contribution in [0.4, 0.5) is 0 Å². The van der Waals surface area contributed by atoms with Gasteiger partial charge in [-0.1, -0.05) is 212 Å². The second kappa shape index (κ2) is 15.0. The van der Waals surface area contributed by atoms with E-state index in [1.54, 1.807) is 0 Å². The Hall–Kier alpha value is -8.99. The topological polar surface area (TPSA) is 43.6 Å². The summed E-state index contributed by atoms with van der Waals surface area (Å²) in [5.74, 6) is 1.92. The second-order valence-corrected chi connectivity index (χ2v) is 17.8. The second-order valence-electron chi connectivity index (χ2n) is 17.8. The van der Waals surface area contributed by atoms with Gasteiger partial charge in [0.25, 0.3) is 0 Å². The molecule has 0 atom stereocenters. The van der Waals surface area contributed by atoms with E-state index in [1.807, 2.05) is 60.7 Å². The molecule has 2 aromatic heterocycles. The highest BCUT2D eigenvalue weighted by atomic mass is 15.0. The molecule has 0 radical (unpaired) electrons. The molecule has 0 unspecified atom stereocenters. The van der Waals surface area contributed by atoms with Gasteiger partial charge in [0, 0.05) is 38.7 Å². The zero-order chi connectivity index (χ0) is 44.8. The molecule has 10 aromatic carbocycles. The van der Waals surface area contributed by atoms with Crippen molar-refractivity contribution in [3.05, 3.63) is 265 Å². The third kappa shape index (κ3) is 5.58. The van der Waals surface area contributed by atoms with E-state index in [0.29, 0.717) is 17.5 Å². The number of rotatable bonds is 6. The van der Waals surface area contributed by atoms with Gasteiger partial charge in [0.2, 0.25) is 0 Å². The van der Waals surface area contributed by atoms with Gasteiger partial charge in [-0.3, -0.25) is 0 Å². The first-order valence-electron chi connectivity index (χ1n) is 23.3. The SMILES string of the molecule is c1ccc(-c2nc(-c3ccccc3)nc(-c3cccc(-c4ccccc4-c4ccc5c(c4)c4ccc6c(c4n5-c4ccccc4)-c4ccccc4C64c5ccccc5-c5ccccc54)c3)n2)cc1. The Morgan fingerprint density at radius 2 is 0.750 bits per heavy atom. The first-order chi connectivity index (χ1) is 33.7. The Kier molecular flexibility index (Phi) is 8.46. The standard InChI is InChI=1S/C64H40N4/c1-4-19-41(20-5-1)61-65-62(42-21-6-2-7-22-42)67-63(66-61)45-24-18-23-43(39-45)47-27-10-11-28-48(47)44-35-38-58-53(40-44)51-36-37-57-59(60(51)68(58)46-25-8-3-9-26-46)52-31-14-17-34-56(52)64(57)54-32-15-12-29-49(54)50-30-13-16-33-55(50)64/h1-40H. The highest BCUT2D eigenvalue weighted by molar-refractivity contribution is 6.17. The van der Waals surface area contributed by atoms with Crippen molar-refractivity contribution in [2.45, 2.75) is 5.41 Å². The maximum absolute atomic E-state index is 5.06. The van der Waals surface area contributed by atoms with Gasteiger partial charge < -0.3 is 4.57 Å². The molecule has 0 bridgehead atoms. The van der Waals surface area contributed by atoms with Crippen LogP contribution >= 0.6 is 0 Å². The largest absolute Gasteiger partial charge is 0.309 e. The Morgan fingerprint density at radius 1 is 0.294 bits per heavy atom. The molecule has 12 aromatic rings. The van der Waals surface area contributed by atoms with Crippen LogP contribution in [0.1, 0.15) is 22.3 Å². The first kappa shape index (κ1) is 38.3. The predicted molar refractivity (Wildman–Crippen MR) is 278 cm³/mol. The lowest BCUT2D eigenvalue weighted by Crippen LogP contribution is -2.25. The summed E-state index contributed by atoms with van der Waals surface area (Å²) in [5.41, 5.74) is 21.0. The fourth-order valence-electron chi connectivity index (χ4n) is 11.4. The Labute approximate surface area is 394 Å². The third-order valence-electron chi connectivity index (χ3n) is 14.3. The van der Waals surface area contributed by atoms with Crippen molar-refractivity contribution in [2.75, 3.05) is 0 Å². The van der Waals surface area contributed by atoms with Gasteiger partial charge >= 0.3 is 0 Å². The molecule has 0 amide bonds. The Bertz CT molecular complexity index is 3860. The molecule has 2 aliphatic rings. The third-order valence-corrected chi connectivity index (χ3v) is 14.3. The van der Waals surface area contributed by atoms with Gasteiger partial charge in [-0.2, -0.15) is 0 Å². The van der Waals surface area contributed by atoms with E-state index in [4.69, 9.17) is 15.0 Å². The minimum atomic E-state index is -0.433. The Morgan fingerprint density at radius 3 is 1.35 bits per heavy atom. The van der Waals surface area contributed by atoms with E-state index in [2.05, 4.69) is 187 Å². The quantitative estimate of drug-likeness (QED) is 0.167. The molecule has 0 aliphatic heterocycles. The fourth-order valence-corrected chi connectivity index (χ4v) is 11.4. The average Bonchev–Trinajstić information content (AvgIpc) is 4.03. The number of para-hydroxylation sites is 1. The molecule has 0 fully saturated rings. The molecular formula is C64H40N4. The van der Waals surface area contributed by atoms with Crippen molar-refractivity contribution >= 4 is 21.8 Å². The summed E-state index contributed by atoms with van der Waals surface area (Å²) in [6, 6.07) is 87.6. The van der Waals surface area contributed by atoms with Crippen molar-refractivity contribution in [3.8, 4) is 84.4 Å². The lowest BCUT2D eigenvalue weighted by Gasteiger charge is -2.30. The number of fused-ring (bicyclic) bond motifs is 14. The van der Waals surface area contributed by atoms with Crippen molar-refractivity contribution in [1.82, 2.24) is 19.5 Å². The predicted octanol–water partition coefficient (Wildman–Crippen LogP) is 15.6. The molecule has 14 rings (SSSR count). The summed E-state index contributed by atoms with van der Waals surface area (Å²) in [7, 11) is 0. The van der Waals surface area contributed by atoms with Crippen LogP contribution in [-0.4, -0.2) is 19.5 Å². The number of hydrogen-bond donors (Lipinski definition) is 0. The van der Waals surface area contributed by atoms with E-state index >= 15 is 0 Å². The number of hydrogen-bond acceptors (Lipinski definition) is 3. The van der Waals surface area contributed by atoms with Crippen LogP contribution in [0.15, 0.2) is 243 Å². The summed E-state index contributed by atoms with van der Waals surface area (Å²) >= 11 is 0. The van der Waals surface area contributed by atoms with Crippen molar-refractivity contribution in [3.63, 3.8) is 0 Å². The van der Waals surface area contributed by atoms with E-state index in [0.717, 1.165) is 44.6 Å². The van der Waals surface area contributed by atoms with Crippen molar-refractivity contribution in [1.29, 1.82) is 0 Å². The van der Waals surface area contributed by atoms with Crippen LogP contribution in [-0.2, 0) is 5.41 Å². The summed E-state index contributed by atoms with van der Waals surface area (Å²) in [4.78, 5) is 15.1. The molecular weight excluding hydrogens is 825 g/mol. The molecule has 1 spiro atoms. The van der Waals surface area contributed by atoms with Gasteiger partial charge in [-0.25, -0.2) is 15.0 Å². The fraction of sp³-hybridized carbons (Fsp3) is 0.0156. The van der Waals surface area contributed by atoms with Crippen LogP contribution in [0.3, 0.4) is 0 Å². The normalized spacial score (nSPS) is 12.8. The highest BCUT2D eigenvalue weighted by Crippen LogP contribution is 2.64. The van der Waals surface area contributed by atoms with E-state index in [-0.39, 0.29) is 0 Å². The summed E-state index contributed by atoms with van der Waals surface area (Å²) < 4.78 is 2.51. The summed E-state index contributed by atoms with van der Waals surface area (Å²) in [6.07, 6.45) is 0. The van der Waals surface area contributed by atoms with Crippen molar-refractivity contribution < 1.29 is 0 Å². The minimum Gasteiger partial charge on any atom is -0.309 e. The maximum atomic E-state index is 5.06. The van der Waals surface area contributed by atoms with Crippen LogP contribution in [0, 0.1) is 0 Å². The maximum Gasteiger partial charge on any atom is 0.164 e. The summed E-state index contributed by atoms with van der Waals surface area (Å²) in [5, 5.41) is 2.44. The van der Waals surface area contributed by atoms with Crippen molar-refractivity contribution in [2.24, 2.45) is 0 Å². The monoisotopic (exact) mass is 864 g/mol. The van der Waals surface area contributed by atoms with Gasteiger partial charge in [-0.05, 0) is 91.5 Å². The molecule has 0 saturated heterocycles. The highest BCUT2D eigenvalue weighted by Gasteiger charge is 2.52. The molecule has 68 heavy (non-hydrogen) atoms. The minimum absolute atomic E-state index is 0.433. The van der Waals surface area contributed by atoms with Gasteiger partial charge in [0.05, 0.1) is 16.4 Å². The molecule has 4 nitrogen and oxygen atoms in total. The number of aromatic nitrogens is 4. The lowest BCUT2D eigenvalue weighted by atomic mass is 9.70. The molecule has 2 aliphatic carbocycles. The van der Waals surface area contributed by atoms with Crippen LogP contribution in [0.5, 0.6) is 0 Å². The Balaban J connectivity index is 0.961. The average molecular weight is 865 g/mol. The molecule has 2 heterocycles.